The molecule has 1 saturated heterocycles. The predicted molar refractivity (Wildman–Crippen MR) is 101 cm³/mol. The molecule has 1 N–H and O–H groups in total. The van der Waals surface area contributed by atoms with Crippen molar-refractivity contribution in [1.29, 1.82) is 0 Å². The van der Waals surface area contributed by atoms with Crippen LogP contribution in [0.25, 0.3) is 0 Å². The summed E-state index contributed by atoms with van der Waals surface area (Å²) in [7, 11) is 4.96. The van der Waals surface area contributed by atoms with Crippen LogP contribution in [0.15, 0.2) is 30.5 Å². The van der Waals surface area contributed by atoms with E-state index in [1.54, 1.807) is 21.3 Å². The molecule has 0 saturated carbocycles. The molecular weight excluding hydrogens is 330 g/mol. The Morgan fingerprint density at radius 1 is 0.962 bits per heavy atom. The van der Waals surface area contributed by atoms with E-state index in [0.29, 0.717) is 11.5 Å². The summed E-state index contributed by atoms with van der Waals surface area (Å²) in [5, 5.41) is 3.41. The minimum Gasteiger partial charge on any atom is -0.496 e. The third-order valence-corrected chi connectivity index (χ3v) is 4.76. The standard InChI is InChI=1S/C20H27N3O3/c1-14-5-6-16(22-13-14)20(23-9-7-21-8-10-23)15-11-18(25-3)19(26-4)12-17(15)24-2/h5-6,11-13,20-21H,7-10H2,1-4H3. The first-order valence-electron chi connectivity index (χ1n) is 8.85. The molecule has 6 heteroatoms. The lowest BCUT2D eigenvalue weighted by molar-refractivity contribution is 0.192. The third kappa shape index (κ3) is 3.76. The summed E-state index contributed by atoms with van der Waals surface area (Å²) in [4.78, 5) is 7.14. The van der Waals surface area contributed by atoms with Gasteiger partial charge in [0.1, 0.15) is 5.75 Å². The van der Waals surface area contributed by atoms with Crippen LogP contribution in [-0.4, -0.2) is 57.4 Å². The van der Waals surface area contributed by atoms with Gasteiger partial charge in [0.2, 0.25) is 0 Å². The van der Waals surface area contributed by atoms with E-state index in [4.69, 9.17) is 19.2 Å². The average Bonchev–Trinajstić information content (AvgIpc) is 2.70. The molecule has 0 amide bonds. The van der Waals surface area contributed by atoms with E-state index in [-0.39, 0.29) is 6.04 Å². The van der Waals surface area contributed by atoms with E-state index >= 15 is 0 Å². The number of aromatic nitrogens is 1. The summed E-state index contributed by atoms with van der Waals surface area (Å²) < 4.78 is 16.7. The summed E-state index contributed by atoms with van der Waals surface area (Å²) in [5.74, 6) is 2.12. The largest absolute Gasteiger partial charge is 0.496 e. The predicted octanol–water partition coefficient (Wildman–Crippen LogP) is 2.41. The Morgan fingerprint density at radius 3 is 2.19 bits per heavy atom. The number of aryl methyl sites for hydroxylation is 1. The minimum atomic E-state index is -0.00699. The zero-order valence-electron chi connectivity index (χ0n) is 15.9. The molecule has 26 heavy (non-hydrogen) atoms. The van der Waals surface area contributed by atoms with E-state index in [0.717, 1.165) is 48.7 Å². The molecule has 140 valence electrons. The first kappa shape index (κ1) is 18.5. The highest BCUT2D eigenvalue weighted by Crippen LogP contribution is 2.41. The summed E-state index contributed by atoms with van der Waals surface area (Å²) in [6.45, 7) is 5.85. The van der Waals surface area contributed by atoms with Gasteiger partial charge in [-0.05, 0) is 24.6 Å². The van der Waals surface area contributed by atoms with Crippen LogP contribution in [0.1, 0.15) is 22.9 Å². The van der Waals surface area contributed by atoms with Crippen molar-refractivity contribution in [3.05, 3.63) is 47.3 Å². The van der Waals surface area contributed by atoms with Gasteiger partial charge in [-0.1, -0.05) is 6.07 Å². The topological polar surface area (TPSA) is 55.9 Å². The highest BCUT2D eigenvalue weighted by Gasteiger charge is 2.29. The Kier molecular flexibility index (Phi) is 5.96. The van der Waals surface area contributed by atoms with E-state index < -0.39 is 0 Å². The molecule has 0 spiro atoms. The van der Waals surface area contributed by atoms with E-state index in [1.165, 1.54) is 0 Å². The number of piperazine rings is 1. The second-order valence-electron chi connectivity index (χ2n) is 6.40. The molecule has 1 unspecified atom stereocenters. The van der Waals surface area contributed by atoms with Gasteiger partial charge in [0, 0.05) is 44.0 Å². The van der Waals surface area contributed by atoms with Gasteiger partial charge in [-0.25, -0.2) is 0 Å². The molecule has 1 aliphatic heterocycles. The molecule has 6 nitrogen and oxygen atoms in total. The van der Waals surface area contributed by atoms with Crippen molar-refractivity contribution in [1.82, 2.24) is 15.2 Å². The molecule has 1 aromatic carbocycles. The maximum absolute atomic E-state index is 5.70. The van der Waals surface area contributed by atoms with Gasteiger partial charge in [0.05, 0.1) is 33.1 Å². The average molecular weight is 357 g/mol. The SMILES string of the molecule is COc1cc(OC)c(C(c2ccc(C)cn2)N2CCNCC2)cc1OC. The molecule has 1 aliphatic rings. The number of nitrogens with zero attached hydrogens (tertiary/aromatic N) is 2. The normalized spacial score (nSPS) is 16.2. The first-order valence-corrected chi connectivity index (χ1v) is 8.85. The second kappa shape index (κ2) is 8.38. The Hall–Kier alpha value is -2.31. The Balaban J connectivity index is 2.12. The van der Waals surface area contributed by atoms with E-state index in [2.05, 4.69) is 22.3 Å². The molecule has 2 aromatic rings. The highest BCUT2D eigenvalue weighted by atomic mass is 16.5. The number of nitrogens with one attached hydrogen (secondary N) is 1. The van der Waals surface area contributed by atoms with Crippen molar-refractivity contribution >= 4 is 0 Å². The fraction of sp³-hybridized carbons (Fsp3) is 0.450. The van der Waals surface area contributed by atoms with Crippen molar-refractivity contribution in [3.63, 3.8) is 0 Å². The fourth-order valence-electron chi connectivity index (χ4n) is 3.39. The van der Waals surface area contributed by atoms with Gasteiger partial charge in [0.15, 0.2) is 11.5 Å². The molecule has 2 heterocycles. The third-order valence-electron chi connectivity index (χ3n) is 4.76. The highest BCUT2D eigenvalue weighted by molar-refractivity contribution is 5.53. The van der Waals surface area contributed by atoms with Crippen LogP contribution in [-0.2, 0) is 0 Å². The number of hydrogen-bond donors (Lipinski definition) is 1. The zero-order valence-corrected chi connectivity index (χ0v) is 15.9. The Morgan fingerprint density at radius 2 is 1.62 bits per heavy atom. The summed E-state index contributed by atoms with van der Waals surface area (Å²) >= 11 is 0. The van der Waals surface area contributed by atoms with Gasteiger partial charge < -0.3 is 19.5 Å². The van der Waals surface area contributed by atoms with Gasteiger partial charge in [-0.2, -0.15) is 0 Å². The Labute approximate surface area is 155 Å². The zero-order chi connectivity index (χ0) is 18.5. The second-order valence-corrected chi connectivity index (χ2v) is 6.40. The first-order chi connectivity index (χ1) is 12.7. The monoisotopic (exact) mass is 357 g/mol. The number of rotatable bonds is 6. The molecule has 1 atom stereocenters. The number of methoxy groups -OCH3 is 3. The molecular formula is C20H27N3O3. The lowest BCUT2D eigenvalue weighted by Crippen LogP contribution is -2.45. The van der Waals surface area contributed by atoms with Crippen molar-refractivity contribution < 1.29 is 14.2 Å². The van der Waals surface area contributed by atoms with Gasteiger partial charge >= 0.3 is 0 Å². The van der Waals surface area contributed by atoms with E-state index in [1.807, 2.05) is 25.3 Å². The van der Waals surface area contributed by atoms with Crippen molar-refractivity contribution in [2.24, 2.45) is 0 Å². The molecule has 1 fully saturated rings. The smallest absolute Gasteiger partial charge is 0.164 e. The lowest BCUT2D eigenvalue weighted by atomic mass is 9.98. The van der Waals surface area contributed by atoms with Crippen LogP contribution >= 0.6 is 0 Å². The van der Waals surface area contributed by atoms with Crippen LogP contribution in [0.4, 0.5) is 0 Å². The molecule has 0 bridgehead atoms. The van der Waals surface area contributed by atoms with Crippen LogP contribution < -0.4 is 19.5 Å². The summed E-state index contributed by atoms with van der Waals surface area (Å²) in [6, 6.07) is 8.08. The van der Waals surface area contributed by atoms with E-state index in [9.17, 15) is 0 Å². The number of benzene rings is 1. The molecule has 1 aromatic heterocycles. The maximum Gasteiger partial charge on any atom is 0.164 e. The molecule has 0 radical (unpaired) electrons. The number of pyridine rings is 1. The Bertz CT molecular complexity index is 728. The number of hydrogen-bond acceptors (Lipinski definition) is 6. The van der Waals surface area contributed by atoms with Crippen LogP contribution in [0.2, 0.25) is 0 Å². The summed E-state index contributed by atoms with van der Waals surface area (Å²) in [6.07, 6.45) is 1.91. The van der Waals surface area contributed by atoms with Crippen molar-refractivity contribution in [3.8, 4) is 17.2 Å². The lowest BCUT2D eigenvalue weighted by Gasteiger charge is -2.35. The van der Waals surface area contributed by atoms with Crippen LogP contribution in [0.3, 0.4) is 0 Å². The summed E-state index contributed by atoms with van der Waals surface area (Å²) in [5.41, 5.74) is 3.18. The minimum absolute atomic E-state index is 0.00699. The maximum atomic E-state index is 5.70. The molecule has 3 rings (SSSR count). The molecule has 0 aliphatic carbocycles. The van der Waals surface area contributed by atoms with Crippen molar-refractivity contribution in [2.75, 3.05) is 47.5 Å². The van der Waals surface area contributed by atoms with Crippen molar-refractivity contribution in [2.45, 2.75) is 13.0 Å². The van der Waals surface area contributed by atoms with Crippen LogP contribution in [0, 0.1) is 6.92 Å². The van der Waals surface area contributed by atoms with Gasteiger partial charge in [-0.15, -0.1) is 0 Å². The van der Waals surface area contributed by atoms with Gasteiger partial charge in [0.25, 0.3) is 0 Å². The number of ether oxygens (including phenoxy) is 3. The van der Waals surface area contributed by atoms with Gasteiger partial charge in [-0.3, -0.25) is 9.88 Å². The van der Waals surface area contributed by atoms with Crippen LogP contribution in [0.5, 0.6) is 17.2 Å². The fourth-order valence-corrected chi connectivity index (χ4v) is 3.39. The quantitative estimate of drug-likeness (QED) is 0.857.